The molecule has 0 bridgehead atoms. The van der Waals surface area contributed by atoms with E-state index in [1.165, 1.54) is 0 Å². The van der Waals surface area contributed by atoms with Crippen molar-refractivity contribution in [2.45, 2.75) is 40.2 Å². The summed E-state index contributed by atoms with van der Waals surface area (Å²) in [6, 6.07) is 14.0. The molecule has 2 rings (SSSR count). The number of anilines is 3. The molecule has 160 valence electrons. The molecule has 7 heteroatoms. The fraction of sp³-hybridized carbons (Fsp3) is 0.348. The number of carbonyl (C=O) groups is 3. The van der Waals surface area contributed by atoms with Crippen LogP contribution in [-0.4, -0.2) is 30.3 Å². The minimum absolute atomic E-state index is 0.0290. The minimum Gasteiger partial charge on any atom is -0.376 e. The number of benzene rings is 2. The second-order valence-electron chi connectivity index (χ2n) is 7.83. The average molecular weight is 411 g/mol. The Kier molecular flexibility index (Phi) is 8.41. The topological polar surface area (TPSA) is 99.3 Å². The highest BCUT2D eigenvalue weighted by Crippen LogP contribution is 2.15. The smallest absolute Gasteiger partial charge is 0.251 e. The van der Waals surface area contributed by atoms with Crippen molar-refractivity contribution >= 4 is 34.8 Å². The van der Waals surface area contributed by atoms with E-state index in [2.05, 4.69) is 21.3 Å². The quantitative estimate of drug-likeness (QED) is 0.504. The highest BCUT2D eigenvalue weighted by molar-refractivity contribution is 5.96. The van der Waals surface area contributed by atoms with E-state index in [1.54, 1.807) is 48.5 Å². The summed E-state index contributed by atoms with van der Waals surface area (Å²) in [4.78, 5) is 35.9. The van der Waals surface area contributed by atoms with Gasteiger partial charge in [-0.05, 0) is 68.3 Å². The molecule has 2 aromatic carbocycles. The van der Waals surface area contributed by atoms with Gasteiger partial charge in [0.2, 0.25) is 11.8 Å². The van der Waals surface area contributed by atoms with Crippen molar-refractivity contribution in [1.29, 1.82) is 0 Å². The van der Waals surface area contributed by atoms with E-state index < -0.39 is 0 Å². The van der Waals surface area contributed by atoms with Gasteiger partial charge in [0.25, 0.3) is 5.91 Å². The number of hydrogen-bond donors (Lipinski definition) is 4. The molecule has 30 heavy (non-hydrogen) atoms. The van der Waals surface area contributed by atoms with Crippen molar-refractivity contribution in [3.8, 4) is 0 Å². The molecule has 0 unspecified atom stereocenters. The number of rotatable bonds is 9. The maximum absolute atomic E-state index is 12.2. The van der Waals surface area contributed by atoms with Crippen molar-refractivity contribution in [3.05, 3.63) is 54.1 Å². The first-order valence-electron chi connectivity index (χ1n) is 10.1. The zero-order valence-corrected chi connectivity index (χ0v) is 17.9. The van der Waals surface area contributed by atoms with Gasteiger partial charge in [0, 0.05) is 35.1 Å². The van der Waals surface area contributed by atoms with Gasteiger partial charge in [-0.15, -0.1) is 0 Å². The number of nitrogens with one attached hydrogen (secondary N) is 4. The lowest BCUT2D eigenvalue weighted by atomic mass is 10.1. The first kappa shape index (κ1) is 22.9. The second kappa shape index (κ2) is 11.0. The summed E-state index contributed by atoms with van der Waals surface area (Å²) in [7, 11) is 0. The van der Waals surface area contributed by atoms with Crippen LogP contribution in [0.2, 0.25) is 0 Å². The van der Waals surface area contributed by atoms with Gasteiger partial charge in [-0.25, -0.2) is 0 Å². The van der Waals surface area contributed by atoms with Crippen LogP contribution in [0.1, 0.15) is 44.5 Å². The number of hydrogen-bond acceptors (Lipinski definition) is 4. The number of carbonyl (C=O) groups excluding carboxylic acids is 3. The lowest BCUT2D eigenvalue weighted by Gasteiger charge is -2.11. The highest BCUT2D eigenvalue weighted by atomic mass is 16.2. The van der Waals surface area contributed by atoms with E-state index in [-0.39, 0.29) is 30.3 Å². The molecule has 0 aliphatic rings. The molecule has 0 radical (unpaired) electrons. The lowest BCUT2D eigenvalue weighted by molar-refractivity contribution is -0.117. The molecule has 0 aromatic heterocycles. The van der Waals surface area contributed by atoms with Crippen LogP contribution in [0.4, 0.5) is 17.1 Å². The summed E-state index contributed by atoms with van der Waals surface area (Å²) in [6.07, 6.45) is 0.466. The molecule has 0 saturated carbocycles. The molecule has 0 fully saturated rings. The summed E-state index contributed by atoms with van der Waals surface area (Å²) in [5, 5.41) is 11.5. The van der Waals surface area contributed by atoms with Gasteiger partial charge in [0.05, 0.1) is 6.54 Å². The zero-order chi connectivity index (χ0) is 22.1. The third-order valence-electron chi connectivity index (χ3n) is 4.07. The third kappa shape index (κ3) is 7.95. The molecule has 0 aliphatic heterocycles. The summed E-state index contributed by atoms with van der Waals surface area (Å²) < 4.78 is 0. The van der Waals surface area contributed by atoms with E-state index in [1.807, 2.05) is 27.7 Å². The van der Waals surface area contributed by atoms with E-state index in [9.17, 15) is 14.4 Å². The first-order valence-corrected chi connectivity index (χ1v) is 10.1. The molecule has 2 aromatic rings. The summed E-state index contributed by atoms with van der Waals surface area (Å²) in [5.41, 5.74) is 2.65. The predicted octanol–water partition coefficient (Wildman–Crippen LogP) is 3.86. The molecule has 0 spiro atoms. The third-order valence-corrected chi connectivity index (χ3v) is 4.07. The number of amides is 3. The highest BCUT2D eigenvalue weighted by Gasteiger charge is 2.08. The Morgan fingerprint density at radius 3 is 1.73 bits per heavy atom. The molecule has 7 nitrogen and oxygen atoms in total. The van der Waals surface area contributed by atoms with Crippen molar-refractivity contribution in [2.24, 2.45) is 5.92 Å². The molecule has 0 atom stereocenters. The van der Waals surface area contributed by atoms with Gasteiger partial charge in [0.15, 0.2) is 0 Å². The standard InChI is InChI=1S/C23H30N4O3/c1-15(2)13-21(28)26-19-9-11-20(12-10-19)27-22(29)14-24-18-7-5-17(6-8-18)23(30)25-16(3)4/h5-12,15-16,24H,13-14H2,1-4H3,(H,25,30)(H,26,28)(H,27,29). The molecular weight excluding hydrogens is 380 g/mol. The minimum atomic E-state index is -0.201. The second-order valence-corrected chi connectivity index (χ2v) is 7.83. The lowest BCUT2D eigenvalue weighted by Crippen LogP contribution is -2.30. The molecule has 4 N–H and O–H groups in total. The van der Waals surface area contributed by atoms with Crippen LogP contribution in [0, 0.1) is 5.92 Å². The Morgan fingerprint density at radius 1 is 0.733 bits per heavy atom. The Balaban J connectivity index is 1.80. The molecule has 0 aliphatic carbocycles. The Bertz CT molecular complexity index is 859. The van der Waals surface area contributed by atoms with E-state index in [0.717, 1.165) is 5.69 Å². The van der Waals surface area contributed by atoms with Gasteiger partial charge in [0.1, 0.15) is 0 Å². The molecule has 3 amide bonds. The Morgan fingerprint density at radius 2 is 1.23 bits per heavy atom. The van der Waals surface area contributed by atoms with E-state index >= 15 is 0 Å². The van der Waals surface area contributed by atoms with Crippen LogP contribution in [0.25, 0.3) is 0 Å². The van der Waals surface area contributed by atoms with Gasteiger partial charge in [-0.3, -0.25) is 14.4 Å². The van der Waals surface area contributed by atoms with Gasteiger partial charge < -0.3 is 21.3 Å². The van der Waals surface area contributed by atoms with Crippen LogP contribution in [0.3, 0.4) is 0 Å². The Labute approximate surface area is 177 Å². The van der Waals surface area contributed by atoms with Crippen LogP contribution in [0.5, 0.6) is 0 Å². The summed E-state index contributed by atoms with van der Waals surface area (Å²) >= 11 is 0. The largest absolute Gasteiger partial charge is 0.376 e. The van der Waals surface area contributed by atoms with Crippen molar-refractivity contribution in [3.63, 3.8) is 0 Å². The van der Waals surface area contributed by atoms with Gasteiger partial charge in [-0.1, -0.05) is 13.8 Å². The predicted molar refractivity (Wildman–Crippen MR) is 121 cm³/mol. The molecule has 0 heterocycles. The van der Waals surface area contributed by atoms with Crippen molar-refractivity contribution in [2.75, 3.05) is 22.5 Å². The van der Waals surface area contributed by atoms with Crippen LogP contribution < -0.4 is 21.3 Å². The summed E-state index contributed by atoms with van der Waals surface area (Å²) in [6.45, 7) is 7.88. The molecular formula is C23H30N4O3. The van der Waals surface area contributed by atoms with Crippen molar-refractivity contribution in [1.82, 2.24) is 5.32 Å². The Hall–Kier alpha value is -3.35. The SMILES string of the molecule is CC(C)CC(=O)Nc1ccc(NC(=O)CNc2ccc(C(=O)NC(C)C)cc2)cc1. The fourth-order valence-corrected chi connectivity index (χ4v) is 2.69. The normalized spacial score (nSPS) is 10.6. The van der Waals surface area contributed by atoms with E-state index in [4.69, 9.17) is 0 Å². The van der Waals surface area contributed by atoms with Crippen LogP contribution in [0.15, 0.2) is 48.5 Å². The maximum Gasteiger partial charge on any atom is 0.251 e. The maximum atomic E-state index is 12.2. The van der Waals surface area contributed by atoms with Gasteiger partial charge in [-0.2, -0.15) is 0 Å². The fourth-order valence-electron chi connectivity index (χ4n) is 2.69. The zero-order valence-electron chi connectivity index (χ0n) is 17.9. The average Bonchev–Trinajstić information content (AvgIpc) is 2.67. The summed E-state index contributed by atoms with van der Waals surface area (Å²) in [5.74, 6) is -0.0606. The van der Waals surface area contributed by atoms with Gasteiger partial charge >= 0.3 is 0 Å². The van der Waals surface area contributed by atoms with Crippen molar-refractivity contribution < 1.29 is 14.4 Å². The van der Waals surface area contributed by atoms with Crippen LogP contribution in [-0.2, 0) is 9.59 Å². The molecule has 0 saturated heterocycles. The first-order chi connectivity index (χ1) is 14.2. The monoisotopic (exact) mass is 410 g/mol. The van der Waals surface area contributed by atoms with E-state index in [0.29, 0.717) is 29.3 Å². The van der Waals surface area contributed by atoms with Crippen LogP contribution >= 0.6 is 0 Å².